The number of β-amino-alcohol motifs (C(OH)–C–C–N with tert-alkyl or cyclic N) is 1. The minimum absolute atomic E-state index is 0.189. The SMILES string of the molecule is N#Cc1nccnc1N1CCN(CCO)CC1. The van der Waals surface area contributed by atoms with Gasteiger partial charge >= 0.3 is 0 Å². The molecule has 90 valence electrons. The molecule has 0 aliphatic carbocycles. The van der Waals surface area contributed by atoms with Gasteiger partial charge in [0.05, 0.1) is 6.61 Å². The predicted molar refractivity (Wildman–Crippen MR) is 62.5 cm³/mol. The topological polar surface area (TPSA) is 76.3 Å². The first-order chi connectivity index (χ1) is 8.35. The van der Waals surface area contributed by atoms with E-state index in [1.165, 1.54) is 6.20 Å². The second-order valence-electron chi connectivity index (χ2n) is 3.89. The quantitative estimate of drug-likeness (QED) is 0.756. The molecule has 6 heteroatoms. The highest BCUT2D eigenvalue weighted by atomic mass is 16.3. The number of nitriles is 1. The van der Waals surface area contributed by atoms with Crippen LogP contribution >= 0.6 is 0 Å². The van der Waals surface area contributed by atoms with Crippen molar-refractivity contribution in [1.29, 1.82) is 5.26 Å². The van der Waals surface area contributed by atoms with Gasteiger partial charge in [-0.1, -0.05) is 0 Å². The normalized spacial score (nSPS) is 16.8. The van der Waals surface area contributed by atoms with Crippen molar-refractivity contribution in [2.24, 2.45) is 0 Å². The Morgan fingerprint density at radius 3 is 2.59 bits per heavy atom. The molecular formula is C11H15N5O. The van der Waals surface area contributed by atoms with Crippen molar-refractivity contribution in [3.05, 3.63) is 18.1 Å². The van der Waals surface area contributed by atoms with Crippen molar-refractivity contribution in [2.45, 2.75) is 0 Å². The second-order valence-corrected chi connectivity index (χ2v) is 3.89. The Labute approximate surface area is 100 Å². The lowest BCUT2D eigenvalue weighted by atomic mass is 10.3. The Kier molecular flexibility index (Phi) is 3.85. The number of anilines is 1. The number of aliphatic hydroxyl groups excluding tert-OH is 1. The molecule has 17 heavy (non-hydrogen) atoms. The molecule has 0 saturated carbocycles. The largest absolute Gasteiger partial charge is 0.395 e. The van der Waals surface area contributed by atoms with Crippen LogP contribution in [0.5, 0.6) is 0 Å². The summed E-state index contributed by atoms with van der Waals surface area (Å²) in [5.74, 6) is 0.665. The van der Waals surface area contributed by atoms with Crippen molar-refractivity contribution < 1.29 is 5.11 Å². The van der Waals surface area contributed by atoms with Crippen LogP contribution < -0.4 is 4.90 Å². The molecule has 1 N–H and O–H groups in total. The van der Waals surface area contributed by atoms with Crippen LogP contribution in [-0.2, 0) is 0 Å². The summed E-state index contributed by atoms with van der Waals surface area (Å²) in [7, 11) is 0. The molecule has 0 bridgehead atoms. The Morgan fingerprint density at radius 1 is 1.24 bits per heavy atom. The lowest BCUT2D eigenvalue weighted by Gasteiger charge is -2.35. The summed E-state index contributed by atoms with van der Waals surface area (Å²) in [6.45, 7) is 4.28. The van der Waals surface area contributed by atoms with Gasteiger partial charge in [-0.15, -0.1) is 0 Å². The fraction of sp³-hybridized carbons (Fsp3) is 0.545. The van der Waals surface area contributed by atoms with Gasteiger partial charge in [0, 0.05) is 45.1 Å². The summed E-state index contributed by atoms with van der Waals surface area (Å²) in [4.78, 5) is 12.5. The summed E-state index contributed by atoms with van der Waals surface area (Å²) >= 11 is 0. The number of hydrogen-bond acceptors (Lipinski definition) is 6. The Bertz CT molecular complexity index is 409. The van der Waals surface area contributed by atoms with E-state index in [1.54, 1.807) is 6.20 Å². The third-order valence-corrected chi connectivity index (χ3v) is 2.87. The maximum Gasteiger partial charge on any atom is 0.183 e. The number of aliphatic hydroxyl groups is 1. The zero-order chi connectivity index (χ0) is 12.1. The number of hydrogen-bond donors (Lipinski definition) is 1. The van der Waals surface area contributed by atoms with Crippen molar-refractivity contribution in [1.82, 2.24) is 14.9 Å². The van der Waals surface area contributed by atoms with Crippen LogP contribution in [0.4, 0.5) is 5.82 Å². The van der Waals surface area contributed by atoms with Crippen LogP contribution in [0.15, 0.2) is 12.4 Å². The standard InChI is InChI=1S/C11H15N5O/c12-9-10-11(14-2-1-13-10)16-5-3-15(4-6-16)7-8-17/h1-2,17H,3-8H2. The fourth-order valence-electron chi connectivity index (χ4n) is 1.97. The highest BCUT2D eigenvalue weighted by Gasteiger charge is 2.20. The van der Waals surface area contributed by atoms with Crippen LogP contribution in [-0.4, -0.2) is 59.3 Å². The molecule has 1 saturated heterocycles. The van der Waals surface area contributed by atoms with Gasteiger partial charge in [0.1, 0.15) is 6.07 Å². The van der Waals surface area contributed by atoms with E-state index in [9.17, 15) is 0 Å². The van der Waals surface area contributed by atoms with Crippen molar-refractivity contribution in [2.75, 3.05) is 44.2 Å². The van der Waals surface area contributed by atoms with Crippen LogP contribution in [0.2, 0.25) is 0 Å². The number of aromatic nitrogens is 2. The predicted octanol–water partition coefficient (Wildman–Crippen LogP) is -0.537. The van der Waals surface area contributed by atoms with Crippen LogP contribution in [0.3, 0.4) is 0 Å². The average Bonchev–Trinajstić information content (AvgIpc) is 2.40. The van der Waals surface area contributed by atoms with Gasteiger partial charge in [0.15, 0.2) is 11.5 Å². The lowest BCUT2D eigenvalue weighted by Crippen LogP contribution is -2.47. The summed E-state index contributed by atoms with van der Waals surface area (Å²) < 4.78 is 0. The molecule has 0 unspecified atom stereocenters. The van der Waals surface area contributed by atoms with Gasteiger partial charge in [-0.05, 0) is 0 Å². The molecule has 0 spiro atoms. The molecule has 0 radical (unpaired) electrons. The number of nitrogens with zero attached hydrogens (tertiary/aromatic N) is 5. The first-order valence-corrected chi connectivity index (χ1v) is 5.64. The number of piperazine rings is 1. The molecule has 0 aromatic carbocycles. The molecule has 0 amide bonds. The van der Waals surface area contributed by atoms with Crippen LogP contribution in [0, 0.1) is 11.3 Å². The van der Waals surface area contributed by atoms with E-state index >= 15 is 0 Å². The number of rotatable bonds is 3. The molecular weight excluding hydrogens is 218 g/mol. The van der Waals surface area contributed by atoms with Gasteiger partial charge in [0.2, 0.25) is 0 Å². The van der Waals surface area contributed by atoms with Gasteiger partial charge < -0.3 is 10.0 Å². The minimum atomic E-state index is 0.189. The minimum Gasteiger partial charge on any atom is -0.395 e. The lowest BCUT2D eigenvalue weighted by molar-refractivity contribution is 0.188. The molecule has 1 aromatic heterocycles. The van der Waals surface area contributed by atoms with Crippen molar-refractivity contribution in [3.8, 4) is 6.07 Å². The second kappa shape index (κ2) is 5.57. The van der Waals surface area contributed by atoms with E-state index in [0.29, 0.717) is 18.1 Å². The van der Waals surface area contributed by atoms with Crippen molar-refractivity contribution in [3.63, 3.8) is 0 Å². The maximum atomic E-state index is 8.96. The highest BCUT2D eigenvalue weighted by Crippen LogP contribution is 2.15. The molecule has 2 heterocycles. The van der Waals surface area contributed by atoms with E-state index < -0.39 is 0 Å². The zero-order valence-corrected chi connectivity index (χ0v) is 9.58. The molecule has 1 aliphatic heterocycles. The third-order valence-electron chi connectivity index (χ3n) is 2.87. The van der Waals surface area contributed by atoms with Crippen LogP contribution in [0.1, 0.15) is 5.69 Å². The third kappa shape index (κ3) is 2.70. The van der Waals surface area contributed by atoms with Gasteiger partial charge in [-0.25, -0.2) is 9.97 Å². The van der Waals surface area contributed by atoms with E-state index in [2.05, 4.69) is 25.8 Å². The summed E-state index contributed by atoms with van der Waals surface area (Å²) in [6.07, 6.45) is 3.14. The smallest absolute Gasteiger partial charge is 0.183 e. The van der Waals surface area contributed by atoms with E-state index in [-0.39, 0.29) is 6.61 Å². The molecule has 0 atom stereocenters. The first-order valence-electron chi connectivity index (χ1n) is 5.64. The molecule has 1 aromatic rings. The van der Waals surface area contributed by atoms with E-state index in [4.69, 9.17) is 10.4 Å². The summed E-state index contributed by atoms with van der Waals surface area (Å²) in [5, 5.41) is 17.8. The van der Waals surface area contributed by atoms with Crippen LogP contribution in [0.25, 0.3) is 0 Å². The Hall–Kier alpha value is -1.71. The van der Waals surface area contributed by atoms with E-state index in [1.807, 2.05) is 0 Å². The van der Waals surface area contributed by atoms with Gasteiger partial charge in [0.25, 0.3) is 0 Å². The molecule has 1 aliphatic rings. The van der Waals surface area contributed by atoms with Gasteiger partial charge in [-0.3, -0.25) is 4.90 Å². The van der Waals surface area contributed by atoms with E-state index in [0.717, 1.165) is 26.2 Å². The first kappa shape index (κ1) is 11.8. The monoisotopic (exact) mass is 233 g/mol. The Morgan fingerprint density at radius 2 is 1.94 bits per heavy atom. The van der Waals surface area contributed by atoms with Crippen molar-refractivity contribution >= 4 is 5.82 Å². The van der Waals surface area contributed by atoms with Gasteiger partial charge in [-0.2, -0.15) is 5.26 Å². The molecule has 2 rings (SSSR count). The Balaban J connectivity index is 2.03. The summed E-state index contributed by atoms with van der Waals surface area (Å²) in [5.41, 5.74) is 0.378. The zero-order valence-electron chi connectivity index (χ0n) is 9.58. The highest BCUT2D eigenvalue weighted by molar-refractivity contribution is 5.49. The fourth-order valence-corrected chi connectivity index (χ4v) is 1.97. The maximum absolute atomic E-state index is 8.96. The summed E-state index contributed by atoms with van der Waals surface area (Å²) in [6, 6.07) is 2.06. The molecule has 1 fully saturated rings. The molecule has 6 nitrogen and oxygen atoms in total. The average molecular weight is 233 g/mol.